The number of carbonyl (C=O) groups is 1. The van der Waals surface area contributed by atoms with Gasteiger partial charge in [-0.3, -0.25) is 9.36 Å². The Kier molecular flexibility index (Phi) is 5.73. The zero-order valence-electron chi connectivity index (χ0n) is 9.26. The van der Waals surface area contributed by atoms with Crippen LogP contribution in [0.3, 0.4) is 0 Å². The molecule has 0 spiro atoms. The van der Waals surface area contributed by atoms with Crippen molar-refractivity contribution < 1.29 is 14.1 Å². The minimum absolute atomic E-state index is 0.0157. The van der Waals surface area contributed by atoms with Crippen molar-refractivity contribution in [3.8, 4) is 0 Å². The molecule has 1 unspecified atom stereocenters. The van der Waals surface area contributed by atoms with Crippen molar-refractivity contribution in [2.24, 2.45) is 5.92 Å². The van der Waals surface area contributed by atoms with Crippen molar-refractivity contribution in [2.45, 2.75) is 13.3 Å². The van der Waals surface area contributed by atoms with E-state index in [2.05, 4.69) is 0 Å². The third kappa shape index (κ3) is 4.11. The van der Waals surface area contributed by atoms with Gasteiger partial charge in [-0.2, -0.15) is 0 Å². The van der Waals surface area contributed by atoms with Gasteiger partial charge in [-0.25, -0.2) is 0 Å². The van der Waals surface area contributed by atoms with E-state index in [4.69, 9.17) is 4.74 Å². The molecule has 1 atom stereocenters. The molecule has 3 nitrogen and oxygen atoms in total. The summed E-state index contributed by atoms with van der Waals surface area (Å²) >= 11 is 0. The van der Waals surface area contributed by atoms with Crippen LogP contribution in [0.2, 0.25) is 0 Å². The molecule has 0 saturated carbocycles. The lowest BCUT2D eigenvalue weighted by molar-refractivity contribution is -0.147. The van der Waals surface area contributed by atoms with E-state index >= 15 is 0 Å². The number of rotatable bonds is 6. The molecule has 16 heavy (non-hydrogen) atoms. The summed E-state index contributed by atoms with van der Waals surface area (Å²) in [6.45, 7) is 2.13. The van der Waals surface area contributed by atoms with Crippen LogP contribution < -0.4 is 0 Å². The van der Waals surface area contributed by atoms with Gasteiger partial charge < -0.3 is 4.74 Å². The first kappa shape index (κ1) is 12.9. The van der Waals surface area contributed by atoms with Gasteiger partial charge in [0.2, 0.25) is 0 Å². The quantitative estimate of drug-likeness (QED) is 0.565. The van der Waals surface area contributed by atoms with Crippen LogP contribution >= 0.6 is 8.46 Å². The van der Waals surface area contributed by atoms with E-state index in [9.17, 15) is 9.36 Å². The van der Waals surface area contributed by atoms with Crippen molar-refractivity contribution in [1.29, 1.82) is 0 Å². The summed E-state index contributed by atoms with van der Waals surface area (Å²) in [5.41, 5.74) is 1.06. The third-order valence-corrected chi connectivity index (χ3v) is 2.83. The standard InChI is InChI=1S/C12H15O3P/c1-2-15-12(13)11(9-16-14)8-10-6-4-3-5-7-10/h3-7,11H,2,8-9H2,1H3. The number of benzene rings is 1. The molecule has 0 N–H and O–H groups in total. The summed E-state index contributed by atoms with van der Waals surface area (Å²) in [6, 6.07) is 9.68. The fraction of sp³-hybridized carbons (Fsp3) is 0.417. The minimum atomic E-state index is -0.318. The van der Waals surface area contributed by atoms with Gasteiger partial charge in [0, 0.05) is 6.16 Å². The Labute approximate surface area is 97.0 Å². The highest BCUT2D eigenvalue weighted by Crippen LogP contribution is 2.14. The molecule has 1 rings (SSSR count). The maximum atomic E-state index is 11.6. The van der Waals surface area contributed by atoms with Gasteiger partial charge in [-0.15, -0.1) is 0 Å². The van der Waals surface area contributed by atoms with Gasteiger partial charge >= 0.3 is 5.97 Å². The third-order valence-electron chi connectivity index (χ3n) is 2.24. The van der Waals surface area contributed by atoms with Crippen molar-refractivity contribution in [3.05, 3.63) is 35.9 Å². The van der Waals surface area contributed by atoms with Crippen LogP contribution in [0.1, 0.15) is 12.5 Å². The summed E-state index contributed by atoms with van der Waals surface area (Å²) in [5, 5.41) is 0. The lowest BCUT2D eigenvalue weighted by Crippen LogP contribution is -2.21. The summed E-state index contributed by atoms with van der Waals surface area (Å²) in [7, 11) is -0.0157. The van der Waals surface area contributed by atoms with Crippen LogP contribution in [0.5, 0.6) is 0 Å². The molecule has 0 aromatic heterocycles. The van der Waals surface area contributed by atoms with E-state index in [1.54, 1.807) is 6.92 Å². The van der Waals surface area contributed by atoms with Crippen LogP contribution in [-0.2, 0) is 20.5 Å². The van der Waals surface area contributed by atoms with Crippen LogP contribution in [-0.4, -0.2) is 18.7 Å². The highest BCUT2D eigenvalue weighted by atomic mass is 31.1. The first-order valence-electron chi connectivity index (χ1n) is 5.27. The van der Waals surface area contributed by atoms with Gasteiger partial charge in [-0.05, 0) is 18.9 Å². The number of ether oxygens (including phenoxy) is 1. The Bertz CT molecular complexity index is 337. The normalized spacial score (nSPS) is 12.3. The number of esters is 1. The molecule has 86 valence electrons. The average Bonchev–Trinajstić information content (AvgIpc) is 2.30. The van der Waals surface area contributed by atoms with Crippen LogP contribution in [0.15, 0.2) is 30.3 Å². The van der Waals surface area contributed by atoms with Gasteiger partial charge in [0.05, 0.1) is 12.5 Å². The molecular formula is C12H15O3P. The molecule has 0 amide bonds. The Morgan fingerprint density at radius 1 is 1.38 bits per heavy atom. The maximum Gasteiger partial charge on any atom is 0.310 e. The van der Waals surface area contributed by atoms with Gasteiger partial charge in [0.25, 0.3) is 0 Å². The first-order chi connectivity index (χ1) is 7.77. The summed E-state index contributed by atoms with van der Waals surface area (Å²) in [6.07, 6.45) is 0.892. The molecule has 0 bridgehead atoms. The molecule has 0 heterocycles. The summed E-state index contributed by atoms with van der Waals surface area (Å²) in [4.78, 5) is 11.6. The Hall–Kier alpha value is -1.21. The Morgan fingerprint density at radius 2 is 2.06 bits per heavy atom. The molecule has 0 radical (unpaired) electrons. The number of hydrogen-bond donors (Lipinski definition) is 0. The number of carbonyl (C=O) groups excluding carboxylic acids is 1. The highest BCUT2D eigenvalue weighted by Gasteiger charge is 2.20. The second-order valence-electron chi connectivity index (χ2n) is 3.45. The van der Waals surface area contributed by atoms with E-state index < -0.39 is 0 Å². The van der Waals surface area contributed by atoms with Crippen LogP contribution in [0, 0.1) is 5.92 Å². The Balaban J connectivity index is 2.64. The van der Waals surface area contributed by atoms with E-state index in [1.165, 1.54) is 0 Å². The maximum absolute atomic E-state index is 11.6. The lowest BCUT2D eigenvalue weighted by Gasteiger charge is -2.12. The van der Waals surface area contributed by atoms with E-state index in [1.807, 2.05) is 30.3 Å². The molecular weight excluding hydrogens is 223 g/mol. The topological polar surface area (TPSA) is 43.4 Å². The van der Waals surface area contributed by atoms with Crippen molar-refractivity contribution in [2.75, 3.05) is 12.8 Å². The van der Waals surface area contributed by atoms with E-state index in [-0.39, 0.29) is 20.3 Å². The predicted octanol–water partition coefficient (Wildman–Crippen LogP) is 2.70. The molecule has 0 aliphatic carbocycles. The van der Waals surface area contributed by atoms with E-state index in [0.29, 0.717) is 19.2 Å². The molecule has 0 aliphatic rings. The molecule has 0 fully saturated rings. The smallest absolute Gasteiger partial charge is 0.310 e. The molecule has 0 aliphatic heterocycles. The number of hydrogen-bond acceptors (Lipinski definition) is 3. The first-order valence-corrected chi connectivity index (χ1v) is 6.27. The molecule has 4 heteroatoms. The SMILES string of the molecule is CCOC(=O)C(CP=O)Cc1ccccc1. The summed E-state index contributed by atoms with van der Waals surface area (Å²) in [5.74, 6) is -0.587. The average molecular weight is 238 g/mol. The monoisotopic (exact) mass is 238 g/mol. The fourth-order valence-electron chi connectivity index (χ4n) is 1.47. The second kappa shape index (κ2) is 7.13. The van der Waals surface area contributed by atoms with Crippen molar-refractivity contribution in [1.82, 2.24) is 0 Å². The molecule has 1 aromatic rings. The highest BCUT2D eigenvalue weighted by molar-refractivity contribution is 7.23. The zero-order chi connectivity index (χ0) is 11.8. The largest absolute Gasteiger partial charge is 0.466 e. The van der Waals surface area contributed by atoms with Crippen molar-refractivity contribution >= 4 is 14.4 Å². The van der Waals surface area contributed by atoms with Crippen LogP contribution in [0.4, 0.5) is 0 Å². The van der Waals surface area contributed by atoms with Gasteiger partial charge in [0.1, 0.15) is 0 Å². The molecule has 1 aromatic carbocycles. The zero-order valence-corrected chi connectivity index (χ0v) is 10.2. The van der Waals surface area contributed by atoms with Crippen molar-refractivity contribution in [3.63, 3.8) is 0 Å². The minimum Gasteiger partial charge on any atom is -0.466 e. The molecule has 0 saturated heterocycles. The fourth-order valence-corrected chi connectivity index (χ4v) is 1.93. The van der Waals surface area contributed by atoms with Crippen LogP contribution in [0.25, 0.3) is 0 Å². The van der Waals surface area contributed by atoms with Gasteiger partial charge in [-0.1, -0.05) is 30.3 Å². The van der Waals surface area contributed by atoms with Gasteiger partial charge in [0.15, 0.2) is 8.46 Å². The second-order valence-corrected chi connectivity index (χ2v) is 4.07. The Morgan fingerprint density at radius 3 is 2.62 bits per heavy atom. The predicted molar refractivity (Wildman–Crippen MR) is 62.7 cm³/mol. The van der Waals surface area contributed by atoms with E-state index in [0.717, 1.165) is 5.56 Å². The lowest BCUT2D eigenvalue weighted by atomic mass is 10.0. The summed E-state index contributed by atoms with van der Waals surface area (Å²) < 4.78 is 15.6.